The Kier molecular flexibility index (Phi) is 6.36. The zero-order chi connectivity index (χ0) is 17.6. The standard InChI is InChI=1S/C17H24ClN5O2/c1-3-24-13(2)17-20-16(25-21-17)12-23-8-6-22(7-9-23)11-14-4-5-19-15(18)10-14/h4-5,10,13H,3,6-9,11-12H2,1-2H3. The third kappa shape index (κ3) is 5.22. The lowest BCUT2D eigenvalue weighted by Crippen LogP contribution is -2.45. The maximum absolute atomic E-state index is 5.95. The molecule has 1 aliphatic rings. The van der Waals surface area contributed by atoms with Crippen molar-refractivity contribution in [2.75, 3.05) is 32.8 Å². The molecule has 1 aliphatic heterocycles. The van der Waals surface area contributed by atoms with E-state index in [1.807, 2.05) is 26.0 Å². The SMILES string of the molecule is CCOC(C)c1noc(CN2CCN(Cc3ccnc(Cl)c3)CC2)n1. The molecule has 0 bridgehead atoms. The summed E-state index contributed by atoms with van der Waals surface area (Å²) in [6.45, 7) is 10.0. The first-order valence-corrected chi connectivity index (χ1v) is 9.01. The van der Waals surface area contributed by atoms with Gasteiger partial charge < -0.3 is 9.26 Å². The first kappa shape index (κ1) is 18.3. The molecule has 1 fully saturated rings. The first-order valence-electron chi connectivity index (χ1n) is 8.63. The smallest absolute Gasteiger partial charge is 0.240 e. The second-order valence-electron chi connectivity index (χ2n) is 6.18. The Morgan fingerprint density at radius 3 is 2.64 bits per heavy atom. The van der Waals surface area contributed by atoms with Gasteiger partial charge in [0.25, 0.3) is 0 Å². The Labute approximate surface area is 152 Å². The lowest BCUT2D eigenvalue weighted by atomic mass is 10.2. The average Bonchev–Trinajstić information content (AvgIpc) is 3.06. The molecule has 3 rings (SSSR count). The summed E-state index contributed by atoms with van der Waals surface area (Å²) in [7, 11) is 0. The van der Waals surface area contributed by atoms with Crippen LogP contribution in [0.2, 0.25) is 5.15 Å². The van der Waals surface area contributed by atoms with Crippen molar-refractivity contribution in [1.82, 2.24) is 24.9 Å². The number of halogens is 1. The normalized spacial score (nSPS) is 17.7. The van der Waals surface area contributed by atoms with Crippen molar-refractivity contribution in [3.63, 3.8) is 0 Å². The summed E-state index contributed by atoms with van der Waals surface area (Å²) >= 11 is 5.95. The van der Waals surface area contributed by atoms with Crippen LogP contribution in [0.3, 0.4) is 0 Å². The van der Waals surface area contributed by atoms with E-state index in [9.17, 15) is 0 Å². The minimum absolute atomic E-state index is 0.133. The highest BCUT2D eigenvalue weighted by atomic mass is 35.5. The van der Waals surface area contributed by atoms with Gasteiger partial charge in [-0.2, -0.15) is 4.98 Å². The van der Waals surface area contributed by atoms with Crippen LogP contribution in [0.4, 0.5) is 0 Å². The van der Waals surface area contributed by atoms with E-state index >= 15 is 0 Å². The molecule has 1 saturated heterocycles. The maximum Gasteiger partial charge on any atom is 0.240 e. The predicted molar refractivity (Wildman–Crippen MR) is 94.1 cm³/mol. The number of pyridine rings is 1. The molecule has 136 valence electrons. The van der Waals surface area contributed by atoms with Crippen LogP contribution in [0.25, 0.3) is 0 Å². The number of aromatic nitrogens is 3. The Morgan fingerprint density at radius 2 is 1.96 bits per heavy atom. The van der Waals surface area contributed by atoms with Crippen LogP contribution in [-0.4, -0.2) is 57.7 Å². The Hall–Kier alpha value is -1.54. The fourth-order valence-electron chi connectivity index (χ4n) is 2.92. The number of piperazine rings is 1. The van der Waals surface area contributed by atoms with E-state index in [0.29, 0.717) is 30.0 Å². The van der Waals surface area contributed by atoms with Gasteiger partial charge in [-0.25, -0.2) is 4.98 Å². The highest BCUT2D eigenvalue weighted by Gasteiger charge is 2.20. The van der Waals surface area contributed by atoms with Gasteiger partial charge in [-0.05, 0) is 31.5 Å². The minimum atomic E-state index is -0.133. The molecule has 8 heteroatoms. The summed E-state index contributed by atoms with van der Waals surface area (Å²) in [6, 6.07) is 3.94. The van der Waals surface area contributed by atoms with Gasteiger partial charge in [-0.3, -0.25) is 9.80 Å². The molecule has 2 aromatic heterocycles. The fourth-order valence-corrected chi connectivity index (χ4v) is 3.11. The number of rotatable bonds is 7. The molecule has 0 aromatic carbocycles. The molecular weight excluding hydrogens is 342 g/mol. The molecule has 3 heterocycles. The van der Waals surface area contributed by atoms with E-state index in [2.05, 4.69) is 24.9 Å². The van der Waals surface area contributed by atoms with Gasteiger partial charge in [0, 0.05) is 45.5 Å². The van der Waals surface area contributed by atoms with E-state index in [4.69, 9.17) is 20.9 Å². The fraction of sp³-hybridized carbons (Fsp3) is 0.588. The third-order valence-corrected chi connectivity index (χ3v) is 4.49. The molecule has 1 unspecified atom stereocenters. The Bertz CT molecular complexity index is 673. The molecule has 0 N–H and O–H groups in total. The molecular formula is C17H24ClN5O2. The summed E-state index contributed by atoms with van der Waals surface area (Å²) in [5, 5.41) is 4.56. The average molecular weight is 366 g/mol. The van der Waals surface area contributed by atoms with Crippen LogP contribution in [0.1, 0.15) is 37.2 Å². The van der Waals surface area contributed by atoms with Gasteiger partial charge in [0.1, 0.15) is 11.3 Å². The lowest BCUT2D eigenvalue weighted by Gasteiger charge is -2.33. The maximum atomic E-state index is 5.95. The van der Waals surface area contributed by atoms with Crippen molar-refractivity contribution in [3.8, 4) is 0 Å². The second kappa shape index (κ2) is 8.71. The lowest BCUT2D eigenvalue weighted by molar-refractivity contribution is 0.0683. The van der Waals surface area contributed by atoms with Crippen LogP contribution < -0.4 is 0 Å². The molecule has 7 nitrogen and oxygen atoms in total. The van der Waals surface area contributed by atoms with Crippen molar-refractivity contribution < 1.29 is 9.26 Å². The van der Waals surface area contributed by atoms with E-state index in [-0.39, 0.29) is 6.10 Å². The van der Waals surface area contributed by atoms with Crippen molar-refractivity contribution in [1.29, 1.82) is 0 Å². The van der Waals surface area contributed by atoms with Gasteiger partial charge in [-0.1, -0.05) is 16.8 Å². The molecule has 0 amide bonds. The quantitative estimate of drug-likeness (QED) is 0.698. The third-order valence-electron chi connectivity index (χ3n) is 4.29. The second-order valence-corrected chi connectivity index (χ2v) is 6.57. The molecule has 0 radical (unpaired) electrons. The highest BCUT2D eigenvalue weighted by Crippen LogP contribution is 2.15. The topological polar surface area (TPSA) is 67.5 Å². The number of nitrogens with zero attached hydrogens (tertiary/aromatic N) is 5. The molecule has 0 saturated carbocycles. The van der Waals surface area contributed by atoms with E-state index < -0.39 is 0 Å². The van der Waals surface area contributed by atoms with Gasteiger partial charge in [0.05, 0.1) is 6.54 Å². The van der Waals surface area contributed by atoms with Gasteiger partial charge in [-0.15, -0.1) is 0 Å². The summed E-state index contributed by atoms with van der Waals surface area (Å²) < 4.78 is 10.8. The number of hydrogen-bond acceptors (Lipinski definition) is 7. The van der Waals surface area contributed by atoms with Crippen LogP contribution in [-0.2, 0) is 17.8 Å². The monoisotopic (exact) mass is 365 g/mol. The molecule has 2 aromatic rings. The largest absolute Gasteiger partial charge is 0.371 e. The molecule has 0 spiro atoms. The van der Waals surface area contributed by atoms with Crippen LogP contribution >= 0.6 is 11.6 Å². The first-order chi connectivity index (χ1) is 12.1. The van der Waals surface area contributed by atoms with Crippen LogP contribution in [0, 0.1) is 0 Å². The summed E-state index contributed by atoms with van der Waals surface area (Å²) in [5.74, 6) is 1.26. The predicted octanol–water partition coefficient (Wildman–Crippen LogP) is 2.53. The van der Waals surface area contributed by atoms with Crippen molar-refractivity contribution in [2.45, 2.75) is 33.0 Å². The zero-order valence-electron chi connectivity index (χ0n) is 14.7. The van der Waals surface area contributed by atoms with Gasteiger partial charge in [0.2, 0.25) is 5.89 Å². The highest BCUT2D eigenvalue weighted by molar-refractivity contribution is 6.29. The minimum Gasteiger partial charge on any atom is -0.371 e. The molecule has 25 heavy (non-hydrogen) atoms. The van der Waals surface area contributed by atoms with E-state index in [1.165, 1.54) is 5.56 Å². The number of hydrogen-bond donors (Lipinski definition) is 0. The summed E-state index contributed by atoms with van der Waals surface area (Å²) in [6.07, 6.45) is 1.62. The van der Waals surface area contributed by atoms with Crippen molar-refractivity contribution in [3.05, 3.63) is 40.8 Å². The molecule has 0 aliphatic carbocycles. The molecule has 1 atom stereocenters. The van der Waals surface area contributed by atoms with Crippen LogP contribution in [0.5, 0.6) is 0 Å². The summed E-state index contributed by atoms with van der Waals surface area (Å²) in [4.78, 5) is 13.2. The summed E-state index contributed by atoms with van der Waals surface area (Å²) in [5.41, 5.74) is 1.19. The van der Waals surface area contributed by atoms with Crippen molar-refractivity contribution in [2.24, 2.45) is 0 Å². The van der Waals surface area contributed by atoms with Crippen LogP contribution in [0.15, 0.2) is 22.9 Å². The Balaban J connectivity index is 1.46. The van der Waals surface area contributed by atoms with Gasteiger partial charge >= 0.3 is 0 Å². The number of ether oxygens (including phenoxy) is 1. The Morgan fingerprint density at radius 1 is 1.24 bits per heavy atom. The van der Waals surface area contributed by atoms with E-state index in [1.54, 1.807) is 6.20 Å². The van der Waals surface area contributed by atoms with Gasteiger partial charge in [0.15, 0.2) is 5.82 Å². The van der Waals surface area contributed by atoms with E-state index in [0.717, 1.165) is 32.7 Å². The van der Waals surface area contributed by atoms with Crippen molar-refractivity contribution >= 4 is 11.6 Å². The zero-order valence-corrected chi connectivity index (χ0v) is 15.4.